The van der Waals surface area contributed by atoms with Crippen molar-refractivity contribution in [1.29, 1.82) is 0 Å². The van der Waals surface area contributed by atoms with E-state index in [9.17, 15) is 9.90 Å². The van der Waals surface area contributed by atoms with E-state index in [0.717, 1.165) is 30.3 Å². The van der Waals surface area contributed by atoms with Crippen LogP contribution >= 0.6 is 0 Å². The standard InChI is InChI=1S/C13H19N3O2/c1-4-10-14-9(2)7-11(15-10)16-6-5-13(3,8-16)12(17)18/h7H,4-6,8H2,1-3H3,(H,17,18). The Hall–Kier alpha value is -1.65. The molecule has 98 valence electrons. The van der Waals surface area contributed by atoms with Crippen molar-refractivity contribution in [2.45, 2.75) is 33.6 Å². The van der Waals surface area contributed by atoms with Crippen molar-refractivity contribution in [3.05, 3.63) is 17.6 Å². The third-order valence-corrected chi connectivity index (χ3v) is 3.52. The van der Waals surface area contributed by atoms with E-state index in [0.29, 0.717) is 13.0 Å². The van der Waals surface area contributed by atoms with Crippen LogP contribution in [0.2, 0.25) is 0 Å². The van der Waals surface area contributed by atoms with E-state index in [1.54, 1.807) is 6.92 Å². The fourth-order valence-electron chi connectivity index (χ4n) is 2.26. The second-order valence-corrected chi connectivity index (χ2v) is 5.17. The number of carbonyl (C=O) groups is 1. The van der Waals surface area contributed by atoms with E-state index in [1.165, 1.54) is 0 Å². The van der Waals surface area contributed by atoms with Crippen molar-refractivity contribution >= 4 is 11.8 Å². The molecule has 1 aromatic heterocycles. The number of aliphatic carboxylic acids is 1. The minimum atomic E-state index is -0.730. The third kappa shape index (κ3) is 2.30. The number of aryl methyl sites for hydroxylation is 2. The molecule has 5 heteroatoms. The van der Waals surface area contributed by atoms with E-state index < -0.39 is 11.4 Å². The van der Waals surface area contributed by atoms with Crippen LogP contribution in [0, 0.1) is 12.3 Å². The average Bonchev–Trinajstić information content (AvgIpc) is 2.72. The van der Waals surface area contributed by atoms with Gasteiger partial charge in [-0.2, -0.15) is 0 Å². The molecule has 1 fully saturated rings. The third-order valence-electron chi connectivity index (χ3n) is 3.52. The zero-order valence-corrected chi connectivity index (χ0v) is 11.1. The first-order valence-electron chi connectivity index (χ1n) is 6.27. The van der Waals surface area contributed by atoms with Crippen LogP contribution in [0.25, 0.3) is 0 Å². The molecule has 0 aliphatic carbocycles. The van der Waals surface area contributed by atoms with Gasteiger partial charge in [-0.15, -0.1) is 0 Å². The summed E-state index contributed by atoms with van der Waals surface area (Å²) >= 11 is 0. The van der Waals surface area contributed by atoms with Crippen LogP contribution in [-0.4, -0.2) is 34.1 Å². The summed E-state index contributed by atoms with van der Waals surface area (Å²) in [4.78, 5) is 22.1. The van der Waals surface area contributed by atoms with Crippen molar-refractivity contribution in [1.82, 2.24) is 9.97 Å². The first-order chi connectivity index (χ1) is 8.44. The quantitative estimate of drug-likeness (QED) is 0.882. The van der Waals surface area contributed by atoms with Crippen LogP contribution in [0.5, 0.6) is 0 Å². The number of nitrogens with zero attached hydrogens (tertiary/aromatic N) is 3. The fourth-order valence-corrected chi connectivity index (χ4v) is 2.26. The van der Waals surface area contributed by atoms with E-state index >= 15 is 0 Å². The number of rotatable bonds is 3. The highest BCUT2D eigenvalue weighted by atomic mass is 16.4. The van der Waals surface area contributed by atoms with Gasteiger partial charge in [-0.05, 0) is 20.3 Å². The zero-order valence-electron chi connectivity index (χ0n) is 11.1. The van der Waals surface area contributed by atoms with Crippen LogP contribution in [-0.2, 0) is 11.2 Å². The minimum Gasteiger partial charge on any atom is -0.481 e. The smallest absolute Gasteiger partial charge is 0.311 e. The average molecular weight is 249 g/mol. The van der Waals surface area contributed by atoms with Crippen molar-refractivity contribution in [3.63, 3.8) is 0 Å². The molecule has 18 heavy (non-hydrogen) atoms. The molecule has 0 saturated carbocycles. The van der Waals surface area contributed by atoms with Gasteiger partial charge < -0.3 is 10.0 Å². The molecule has 1 aromatic rings. The van der Waals surface area contributed by atoms with Crippen molar-refractivity contribution in [2.75, 3.05) is 18.0 Å². The van der Waals surface area contributed by atoms with Gasteiger partial charge in [-0.1, -0.05) is 6.92 Å². The molecule has 2 rings (SSSR count). The maximum Gasteiger partial charge on any atom is 0.311 e. The van der Waals surface area contributed by atoms with Crippen molar-refractivity contribution in [2.24, 2.45) is 5.41 Å². The summed E-state index contributed by atoms with van der Waals surface area (Å²) in [6.45, 7) is 7.01. The summed E-state index contributed by atoms with van der Waals surface area (Å²) in [6, 6.07) is 1.92. The predicted molar refractivity (Wildman–Crippen MR) is 68.7 cm³/mol. The second kappa shape index (κ2) is 4.55. The SMILES string of the molecule is CCc1nc(C)cc(N2CCC(C)(C(=O)O)C2)n1. The molecule has 0 bridgehead atoms. The topological polar surface area (TPSA) is 66.3 Å². The summed E-state index contributed by atoms with van der Waals surface area (Å²) in [5, 5.41) is 9.23. The van der Waals surface area contributed by atoms with Crippen LogP contribution < -0.4 is 4.90 Å². The monoisotopic (exact) mass is 249 g/mol. The first kappa shape index (κ1) is 12.8. The lowest BCUT2D eigenvalue weighted by atomic mass is 9.90. The first-order valence-corrected chi connectivity index (χ1v) is 6.27. The lowest BCUT2D eigenvalue weighted by molar-refractivity contribution is -0.146. The van der Waals surface area contributed by atoms with Gasteiger partial charge in [0, 0.05) is 31.3 Å². The molecule has 2 heterocycles. The number of hydrogen-bond acceptors (Lipinski definition) is 4. The molecule has 1 unspecified atom stereocenters. The highest BCUT2D eigenvalue weighted by Crippen LogP contribution is 2.32. The molecule has 0 aromatic carbocycles. The van der Waals surface area contributed by atoms with Crippen molar-refractivity contribution in [3.8, 4) is 0 Å². The minimum absolute atomic E-state index is 0.516. The van der Waals surface area contributed by atoms with Crippen LogP contribution in [0.4, 0.5) is 5.82 Å². The molecule has 0 radical (unpaired) electrons. The van der Waals surface area contributed by atoms with Gasteiger partial charge in [0.05, 0.1) is 5.41 Å². The van der Waals surface area contributed by atoms with Crippen molar-refractivity contribution < 1.29 is 9.90 Å². The number of carboxylic acids is 1. The van der Waals surface area contributed by atoms with E-state index in [-0.39, 0.29) is 0 Å². The molecule has 1 saturated heterocycles. The number of hydrogen-bond donors (Lipinski definition) is 1. The molecule has 1 aliphatic rings. The fraction of sp³-hybridized carbons (Fsp3) is 0.615. The summed E-state index contributed by atoms with van der Waals surface area (Å²) in [5.41, 5.74) is 0.270. The largest absolute Gasteiger partial charge is 0.481 e. The van der Waals surface area contributed by atoms with E-state index in [2.05, 4.69) is 9.97 Å². The zero-order chi connectivity index (χ0) is 13.3. The summed E-state index contributed by atoms with van der Waals surface area (Å²) < 4.78 is 0. The Labute approximate surface area is 107 Å². The Kier molecular flexibility index (Phi) is 3.24. The second-order valence-electron chi connectivity index (χ2n) is 5.17. The highest BCUT2D eigenvalue weighted by molar-refractivity contribution is 5.76. The Bertz CT molecular complexity index is 475. The van der Waals surface area contributed by atoms with Gasteiger partial charge in [0.25, 0.3) is 0 Å². The van der Waals surface area contributed by atoms with Gasteiger partial charge in [0.15, 0.2) is 0 Å². The number of carboxylic acid groups (broad SMARTS) is 1. The highest BCUT2D eigenvalue weighted by Gasteiger charge is 2.40. The van der Waals surface area contributed by atoms with Gasteiger partial charge >= 0.3 is 5.97 Å². The number of aromatic nitrogens is 2. The molecular formula is C13H19N3O2. The van der Waals surface area contributed by atoms with Crippen LogP contribution in [0.1, 0.15) is 31.8 Å². The normalized spacial score (nSPS) is 23.4. The van der Waals surface area contributed by atoms with Crippen LogP contribution in [0.3, 0.4) is 0 Å². The molecule has 5 nitrogen and oxygen atoms in total. The molecule has 1 N–H and O–H groups in total. The Balaban J connectivity index is 2.24. The van der Waals surface area contributed by atoms with Crippen LogP contribution in [0.15, 0.2) is 6.07 Å². The van der Waals surface area contributed by atoms with E-state index in [4.69, 9.17) is 0 Å². The van der Waals surface area contributed by atoms with Gasteiger partial charge in [-0.3, -0.25) is 4.79 Å². The molecule has 0 spiro atoms. The predicted octanol–water partition coefficient (Wildman–Crippen LogP) is 1.65. The molecule has 0 amide bonds. The molecule has 1 aliphatic heterocycles. The Morgan fingerprint density at radius 2 is 2.28 bits per heavy atom. The maximum atomic E-state index is 11.2. The summed E-state index contributed by atoms with van der Waals surface area (Å²) in [7, 11) is 0. The summed E-state index contributed by atoms with van der Waals surface area (Å²) in [5.74, 6) is 0.935. The Morgan fingerprint density at radius 1 is 1.56 bits per heavy atom. The maximum absolute atomic E-state index is 11.2. The summed E-state index contributed by atoms with van der Waals surface area (Å²) in [6.07, 6.45) is 1.45. The van der Waals surface area contributed by atoms with Gasteiger partial charge in [0.2, 0.25) is 0 Å². The molecular weight excluding hydrogens is 230 g/mol. The Morgan fingerprint density at radius 3 is 2.83 bits per heavy atom. The van der Waals surface area contributed by atoms with Gasteiger partial charge in [-0.25, -0.2) is 9.97 Å². The lowest BCUT2D eigenvalue weighted by Crippen LogP contribution is -2.32. The van der Waals surface area contributed by atoms with Gasteiger partial charge in [0.1, 0.15) is 11.6 Å². The lowest BCUT2D eigenvalue weighted by Gasteiger charge is -2.21. The molecule has 1 atom stereocenters. The number of anilines is 1. The van der Waals surface area contributed by atoms with E-state index in [1.807, 2.05) is 24.8 Å².